The van der Waals surface area contributed by atoms with Gasteiger partial charge in [0.25, 0.3) is 0 Å². The minimum Gasteiger partial charge on any atom is -0.158 e. The van der Waals surface area contributed by atoms with Gasteiger partial charge in [0.2, 0.25) is 0 Å². The zero-order valence-electron chi connectivity index (χ0n) is 12.0. The monoisotopic (exact) mass is 254 g/mol. The first-order valence-electron chi connectivity index (χ1n) is 7.49. The molecule has 0 fully saturated rings. The van der Waals surface area contributed by atoms with E-state index in [0.717, 1.165) is 17.1 Å². The fourth-order valence-electron chi connectivity index (χ4n) is 2.27. The molecule has 0 aliphatic heterocycles. The Labute approximate surface area is 113 Å². The first-order valence-corrected chi connectivity index (χ1v) is 8.53. The first-order chi connectivity index (χ1) is 8.22. The molecule has 0 aromatic carbocycles. The van der Waals surface area contributed by atoms with E-state index in [0.29, 0.717) is 0 Å². The van der Waals surface area contributed by atoms with Crippen LogP contribution in [0.5, 0.6) is 0 Å². The fraction of sp³-hybridized carbons (Fsp3) is 0.875. The lowest BCUT2D eigenvalue weighted by molar-refractivity contribution is 0.489. The van der Waals surface area contributed by atoms with Crippen LogP contribution >= 0.6 is 11.8 Å². The molecule has 1 aliphatic rings. The number of hydrogen-bond acceptors (Lipinski definition) is 1. The molecular formula is C16H30S. The Morgan fingerprint density at radius 3 is 2.82 bits per heavy atom. The van der Waals surface area contributed by atoms with E-state index in [1.54, 1.807) is 0 Å². The van der Waals surface area contributed by atoms with Crippen molar-refractivity contribution < 1.29 is 0 Å². The van der Waals surface area contributed by atoms with Crippen LogP contribution in [-0.2, 0) is 0 Å². The fourth-order valence-corrected chi connectivity index (χ4v) is 3.74. The third-order valence-electron chi connectivity index (χ3n) is 3.90. The molecule has 0 saturated heterocycles. The minimum absolute atomic E-state index is 0.893. The highest BCUT2D eigenvalue weighted by Gasteiger charge is 2.12. The van der Waals surface area contributed by atoms with Crippen LogP contribution in [0, 0.1) is 11.8 Å². The summed E-state index contributed by atoms with van der Waals surface area (Å²) in [4.78, 5) is 0. The zero-order chi connectivity index (χ0) is 12.5. The molecule has 0 spiro atoms. The molecule has 0 saturated carbocycles. The summed E-state index contributed by atoms with van der Waals surface area (Å²) in [6.07, 6.45) is 14.4. The lowest BCUT2D eigenvalue weighted by Gasteiger charge is -2.20. The molecule has 0 N–H and O–H groups in total. The third-order valence-corrected chi connectivity index (χ3v) is 5.60. The molecule has 0 amide bonds. The van der Waals surface area contributed by atoms with Gasteiger partial charge in [-0.3, -0.25) is 0 Å². The number of allylic oxidation sites excluding steroid dienone is 2. The molecule has 1 aliphatic carbocycles. The summed E-state index contributed by atoms with van der Waals surface area (Å²) < 4.78 is 0. The van der Waals surface area contributed by atoms with Gasteiger partial charge in [-0.05, 0) is 43.3 Å². The van der Waals surface area contributed by atoms with Crippen LogP contribution in [0.4, 0.5) is 0 Å². The summed E-state index contributed by atoms with van der Waals surface area (Å²) in [6, 6.07) is 0. The van der Waals surface area contributed by atoms with Crippen LogP contribution in [0.2, 0.25) is 0 Å². The van der Waals surface area contributed by atoms with Crippen molar-refractivity contribution in [3.8, 4) is 0 Å². The average molecular weight is 254 g/mol. The normalized spacial score (nSPS) is 30.8. The summed E-state index contributed by atoms with van der Waals surface area (Å²) in [6.45, 7) is 7.09. The predicted molar refractivity (Wildman–Crippen MR) is 81.7 cm³/mol. The zero-order valence-corrected chi connectivity index (χ0v) is 12.8. The van der Waals surface area contributed by atoms with E-state index in [1.807, 2.05) is 0 Å². The van der Waals surface area contributed by atoms with Crippen molar-refractivity contribution in [2.24, 2.45) is 11.8 Å². The smallest absolute Gasteiger partial charge is 0.00501 e. The largest absolute Gasteiger partial charge is 0.158 e. The maximum atomic E-state index is 2.42. The molecule has 0 heterocycles. The third kappa shape index (κ3) is 7.18. The number of rotatable bonds is 4. The predicted octanol–water partition coefficient (Wildman–Crippen LogP) is 5.68. The molecule has 0 radical (unpaired) electrons. The molecular weight excluding hydrogens is 224 g/mol. The van der Waals surface area contributed by atoms with Crippen molar-refractivity contribution in [2.45, 2.75) is 71.0 Å². The SMILES string of the molecule is CCC(C)CSC1CC/C=C\CC(C)CCC1. The Bertz CT molecular complexity index is 210. The second-order valence-corrected chi connectivity index (χ2v) is 7.12. The van der Waals surface area contributed by atoms with Gasteiger partial charge in [0.05, 0.1) is 0 Å². The second kappa shape index (κ2) is 9.08. The van der Waals surface area contributed by atoms with E-state index < -0.39 is 0 Å². The Balaban J connectivity index is 2.31. The summed E-state index contributed by atoms with van der Waals surface area (Å²) in [5.74, 6) is 3.15. The molecule has 1 rings (SSSR count). The molecule has 3 unspecified atom stereocenters. The molecule has 0 nitrogen and oxygen atoms in total. The lowest BCUT2D eigenvalue weighted by Crippen LogP contribution is -2.08. The van der Waals surface area contributed by atoms with E-state index in [4.69, 9.17) is 0 Å². The Morgan fingerprint density at radius 2 is 2.06 bits per heavy atom. The minimum atomic E-state index is 0.893. The quantitative estimate of drug-likeness (QED) is 0.581. The molecule has 3 atom stereocenters. The van der Waals surface area contributed by atoms with Crippen LogP contribution in [0.25, 0.3) is 0 Å². The topological polar surface area (TPSA) is 0 Å². The van der Waals surface area contributed by atoms with Gasteiger partial charge in [0.1, 0.15) is 0 Å². The molecule has 0 aromatic rings. The van der Waals surface area contributed by atoms with E-state index in [1.165, 1.54) is 50.7 Å². The Morgan fingerprint density at radius 1 is 1.24 bits per heavy atom. The number of hydrogen-bond donors (Lipinski definition) is 0. The lowest BCUT2D eigenvalue weighted by atomic mass is 9.97. The summed E-state index contributed by atoms with van der Waals surface area (Å²) in [7, 11) is 0. The van der Waals surface area contributed by atoms with Crippen molar-refractivity contribution in [1.29, 1.82) is 0 Å². The van der Waals surface area contributed by atoms with Crippen LogP contribution in [0.1, 0.15) is 65.7 Å². The summed E-state index contributed by atoms with van der Waals surface area (Å²) in [5.41, 5.74) is 0. The van der Waals surface area contributed by atoms with E-state index in [2.05, 4.69) is 44.7 Å². The molecule has 100 valence electrons. The Hall–Kier alpha value is 0.0900. The van der Waals surface area contributed by atoms with Gasteiger partial charge < -0.3 is 0 Å². The molecule has 1 heteroatoms. The highest BCUT2D eigenvalue weighted by atomic mass is 32.2. The van der Waals surface area contributed by atoms with Crippen molar-refractivity contribution in [3.63, 3.8) is 0 Å². The van der Waals surface area contributed by atoms with Gasteiger partial charge in [-0.15, -0.1) is 0 Å². The average Bonchev–Trinajstić information content (AvgIpc) is 2.34. The standard InChI is InChI=1S/C16H30S/c1-4-14(2)13-17-16-11-7-5-6-9-15(3)10-8-12-16/h5-6,14-16H,4,7-13H2,1-3H3/b6-5-. The van der Waals surface area contributed by atoms with Gasteiger partial charge in [0.15, 0.2) is 0 Å². The molecule has 0 aromatic heterocycles. The summed E-state index contributed by atoms with van der Waals surface area (Å²) in [5, 5.41) is 0.916. The van der Waals surface area contributed by atoms with E-state index >= 15 is 0 Å². The van der Waals surface area contributed by atoms with Gasteiger partial charge in [-0.25, -0.2) is 0 Å². The summed E-state index contributed by atoms with van der Waals surface area (Å²) >= 11 is 2.24. The molecule has 17 heavy (non-hydrogen) atoms. The maximum absolute atomic E-state index is 2.42. The van der Waals surface area contributed by atoms with Crippen molar-refractivity contribution in [1.82, 2.24) is 0 Å². The number of thioether (sulfide) groups is 1. The second-order valence-electron chi connectivity index (χ2n) is 5.79. The van der Waals surface area contributed by atoms with Crippen molar-refractivity contribution in [2.75, 3.05) is 5.75 Å². The Kier molecular flexibility index (Phi) is 8.09. The van der Waals surface area contributed by atoms with Gasteiger partial charge in [-0.2, -0.15) is 11.8 Å². The first kappa shape index (κ1) is 15.1. The highest BCUT2D eigenvalue weighted by molar-refractivity contribution is 7.99. The van der Waals surface area contributed by atoms with Crippen LogP contribution in [0.3, 0.4) is 0 Å². The van der Waals surface area contributed by atoms with E-state index in [-0.39, 0.29) is 0 Å². The van der Waals surface area contributed by atoms with Gasteiger partial charge in [0, 0.05) is 5.25 Å². The van der Waals surface area contributed by atoms with Gasteiger partial charge >= 0.3 is 0 Å². The van der Waals surface area contributed by atoms with Crippen molar-refractivity contribution >= 4 is 11.8 Å². The van der Waals surface area contributed by atoms with Gasteiger partial charge in [-0.1, -0.05) is 52.2 Å². The molecule has 0 bridgehead atoms. The highest BCUT2D eigenvalue weighted by Crippen LogP contribution is 2.27. The van der Waals surface area contributed by atoms with Crippen LogP contribution in [-0.4, -0.2) is 11.0 Å². The van der Waals surface area contributed by atoms with Crippen LogP contribution in [0.15, 0.2) is 12.2 Å². The van der Waals surface area contributed by atoms with E-state index in [9.17, 15) is 0 Å². The van der Waals surface area contributed by atoms with Crippen molar-refractivity contribution in [3.05, 3.63) is 12.2 Å². The maximum Gasteiger partial charge on any atom is 0.00501 e. The van der Waals surface area contributed by atoms with Crippen LogP contribution < -0.4 is 0 Å².